The Hall–Kier alpha value is -0.860. The van der Waals surface area contributed by atoms with E-state index in [4.69, 9.17) is 4.74 Å². The molecule has 0 aromatic heterocycles. The Morgan fingerprint density at radius 1 is 1.29 bits per heavy atom. The summed E-state index contributed by atoms with van der Waals surface area (Å²) in [4.78, 5) is 0. The molecule has 17 heavy (non-hydrogen) atoms. The molecule has 2 unspecified atom stereocenters. The Balaban J connectivity index is 1.89. The molecule has 0 bridgehead atoms. The third-order valence-corrected chi connectivity index (χ3v) is 3.47. The molecule has 2 nitrogen and oxygen atoms in total. The molecule has 0 spiro atoms. The van der Waals surface area contributed by atoms with Crippen molar-refractivity contribution in [2.45, 2.75) is 45.3 Å². The maximum Gasteiger partial charge on any atom is 0.105 e. The number of hydrogen-bond donors (Lipinski definition) is 1. The van der Waals surface area contributed by atoms with Crippen LogP contribution in [0.15, 0.2) is 24.3 Å². The summed E-state index contributed by atoms with van der Waals surface area (Å²) in [6.07, 6.45) is 2.97. The fourth-order valence-electron chi connectivity index (χ4n) is 1.89. The lowest BCUT2D eigenvalue weighted by atomic mass is 10.0. The van der Waals surface area contributed by atoms with Gasteiger partial charge in [0.15, 0.2) is 0 Å². The fraction of sp³-hybridized carbons (Fsp3) is 0.600. The van der Waals surface area contributed by atoms with Gasteiger partial charge in [-0.25, -0.2) is 0 Å². The van der Waals surface area contributed by atoms with E-state index in [1.807, 2.05) is 19.1 Å². The standard InChI is InChI=1S/C15H22O2/c1-3-12-6-8-14(9-7-12)15(16)11(2)17-10-13-4-5-13/h6-9,11,13,15-16H,3-5,10H2,1-2H3. The Morgan fingerprint density at radius 2 is 1.94 bits per heavy atom. The summed E-state index contributed by atoms with van der Waals surface area (Å²) in [5.74, 6) is 0.743. The van der Waals surface area contributed by atoms with Crippen molar-refractivity contribution in [2.24, 2.45) is 5.92 Å². The molecule has 2 rings (SSSR count). The highest BCUT2D eigenvalue weighted by molar-refractivity contribution is 5.24. The van der Waals surface area contributed by atoms with Crippen LogP contribution in [-0.2, 0) is 11.2 Å². The summed E-state index contributed by atoms with van der Waals surface area (Å²) < 4.78 is 5.69. The quantitative estimate of drug-likeness (QED) is 0.819. The van der Waals surface area contributed by atoms with Gasteiger partial charge in [0, 0.05) is 6.61 Å². The van der Waals surface area contributed by atoms with E-state index in [-0.39, 0.29) is 6.10 Å². The highest BCUT2D eigenvalue weighted by Gasteiger charge is 2.24. The van der Waals surface area contributed by atoms with Crippen molar-refractivity contribution in [1.29, 1.82) is 0 Å². The zero-order valence-electron chi connectivity index (χ0n) is 10.7. The fourth-order valence-corrected chi connectivity index (χ4v) is 1.89. The monoisotopic (exact) mass is 234 g/mol. The molecule has 1 saturated carbocycles. The van der Waals surface area contributed by atoms with Crippen LogP contribution >= 0.6 is 0 Å². The van der Waals surface area contributed by atoms with Crippen LogP contribution in [0.4, 0.5) is 0 Å². The van der Waals surface area contributed by atoms with Gasteiger partial charge in [-0.2, -0.15) is 0 Å². The van der Waals surface area contributed by atoms with E-state index in [1.54, 1.807) is 0 Å². The van der Waals surface area contributed by atoms with E-state index in [2.05, 4.69) is 19.1 Å². The molecule has 0 amide bonds. The minimum atomic E-state index is -0.514. The molecule has 0 heterocycles. The van der Waals surface area contributed by atoms with Crippen LogP contribution in [0.2, 0.25) is 0 Å². The minimum absolute atomic E-state index is 0.122. The predicted octanol–water partition coefficient (Wildman–Crippen LogP) is 3.10. The first-order chi connectivity index (χ1) is 8.20. The summed E-state index contributed by atoms with van der Waals surface area (Å²) in [7, 11) is 0. The second-order valence-corrected chi connectivity index (χ2v) is 5.02. The van der Waals surface area contributed by atoms with Crippen LogP contribution in [0.3, 0.4) is 0 Å². The van der Waals surface area contributed by atoms with Crippen molar-refractivity contribution < 1.29 is 9.84 Å². The molecule has 1 fully saturated rings. The summed E-state index contributed by atoms with van der Waals surface area (Å²) in [5, 5.41) is 10.2. The summed E-state index contributed by atoms with van der Waals surface area (Å²) in [5.41, 5.74) is 2.25. The van der Waals surface area contributed by atoms with Crippen LogP contribution in [0.5, 0.6) is 0 Å². The summed E-state index contributed by atoms with van der Waals surface area (Å²) in [6.45, 7) is 4.87. The van der Waals surface area contributed by atoms with Crippen molar-refractivity contribution in [3.8, 4) is 0 Å². The van der Waals surface area contributed by atoms with Gasteiger partial charge in [-0.3, -0.25) is 0 Å². The average molecular weight is 234 g/mol. The summed E-state index contributed by atoms with van der Waals surface area (Å²) >= 11 is 0. The molecule has 0 radical (unpaired) electrons. The van der Waals surface area contributed by atoms with E-state index in [0.29, 0.717) is 0 Å². The number of aryl methyl sites for hydroxylation is 1. The van der Waals surface area contributed by atoms with E-state index >= 15 is 0 Å². The van der Waals surface area contributed by atoms with Crippen molar-refractivity contribution in [1.82, 2.24) is 0 Å². The molecule has 1 N–H and O–H groups in total. The molecule has 2 heteroatoms. The van der Waals surface area contributed by atoms with Crippen LogP contribution < -0.4 is 0 Å². The molecule has 2 atom stereocenters. The van der Waals surface area contributed by atoms with Gasteiger partial charge in [-0.05, 0) is 43.2 Å². The Morgan fingerprint density at radius 3 is 2.47 bits per heavy atom. The van der Waals surface area contributed by atoms with E-state index in [1.165, 1.54) is 18.4 Å². The van der Waals surface area contributed by atoms with Gasteiger partial charge in [0.05, 0.1) is 6.10 Å². The Kier molecular flexibility index (Phi) is 4.19. The average Bonchev–Trinajstić information content (AvgIpc) is 3.19. The predicted molar refractivity (Wildman–Crippen MR) is 68.9 cm³/mol. The van der Waals surface area contributed by atoms with E-state index < -0.39 is 6.10 Å². The highest BCUT2D eigenvalue weighted by Crippen LogP contribution is 2.30. The second kappa shape index (κ2) is 5.65. The van der Waals surface area contributed by atoms with E-state index in [0.717, 1.165) is 24.5 Å². The Bertz CT molecular complexity index is 340. The van der Waals surface area contributed by atoms with Gasteiger partial charge in [-0.15, -0.1) is 0 Å². The number of rotatable bonds is 6. The number of hydrogen-bond acceptors (Lipinski definition) is 2. The zero-order chi connectivity index (χ0) is 12.3. The minimum Gasteiger partial charge on any atom is -0.386 e. The van der Waals surface area contributed by atoms with Crippen molar-refractivity contribution in [2.75, 3.05) is 6.61 Å². The van der Waals surface area contributed by atoms with Gasteiger partial charge >= 0.3 is 0 Å². The largest absolute Gasteiger partial charge is 0.386 e. The first-order valence-corrected chi connectivity index (χ1v) is 6.59. The maximum absolute atomic E-state index is 10.2. The lowest BCUT2D eigenvalue weighted by Crippen LogP contribution is -2.19. The molecule has 1 aliphatic carbocycles. The Labute approximate surface area is 104 Å². The molecule has 94 valence electrons. The normalized spacial score (nSPS) is 19.0. The van der Waals surface area contributed by atoms with Crippen LogP contribution in [0.1, 0.15) is 43.9 Å². The topological polar surface area (TPSA) is 29.5 Å². The number of aliphatic hydroxyl groups is 1. The SMILES string of the molecule is CCc1ccc(C(O)C(C)OCC2CC2)cc1. The van der Waals surface area contributed by atoms with Gasteiger partial charge in [-0.1, -0.05) is 31.2 Å². The maximum atomic E-state index is 10.2. The van der Waals surface area contributed by atoms with Crippen molar-refractivity contribution in [3.63, 3.8) is 0 Å². The zero-order valence-corrected chi connectivity index (χ0v) is 10.7. The molecule has 1 aromatic rings. The third-order valence-electron chi connectivity index (χ3n) is 3.47. The first-order valence-electron chi connectivity index (χ1n) is 6.59. The third kappa shape index (κ3) is 3.55. The van der Waals surface area contributed by atoms with Gasteiger partial charge in [0.25, 0.3) is 0 Å². The highest BCUT2D eigenvalue weighted by atomic mass is 16.5. The summed E-state index contributed by atoms with van der Waals surface area (Å²) in [6, 6.07) is 8.15. The lowest BCUT2D eigenvalue weighted by Gasteiger charge is -2.20. The van der Waals surface area contributed by atoms with Gasteiger partial charge in [0.1, 0.15) is 6.10 Å². The van der Waals surface area contributed by atoms with Crippen LogP contribution in [0, 0.1) is 5.92 Å². The van der Waals surface area contributed by atoms with Gasteiger partial charge in [0.2, 0.25) is 0 Å². The molecular weight excluding hydrogens is 212 g/mol. The van der Waals surface area contributed by atoms with Gasteiger partial charge < -0.3 is 9.84 Å². The second-order valence-electron chi connectivity index (χ2n) is 5.02. The number of aliphatic hydroxyl groups excluding tert-OH is 1. The number of ether oxygens (including phenoxy) is 1. The van der Waals surface area contributed by atoms with Crippen molar-refractivity contribution in [3.05, 3.63) is 35.4 Å². The number of benzene rings is 1. The first kappa shape index (κ1) is 12.6. The van der Waals surface area contributed by atoms with Crippen LogP contribution in [-0.4, -0.2) is 17.8 Å². The van der Waals surface area contributed by atoms with Crippen LogP contribution in [0.25, 0.3) is 0 Å². The molecule has 1 aromatic carbocycles. The smallest absolute Gasteiger partial charge is 0.105 e. The van der Waals surface area contributed by atoms with E-state index in [9.17, 15) is 5.11 Å². The lowest BCUT2D eigenvalue weighted by molar-refractivity contribution is -0.0318. The molecular formula is C15H22O2. The molecule has 0 aliphatic heterocycles. The molecule has 1 aliphatic rings. The van der Waals surface area contributed by atoms with Crippen molar-refractivity contribution >= 4 is 0 Å². The molecule has 0 saturated heterocycles.